The highest BCUT2D eigenvalue weighted by atomic mass is 16.5. The molecule has 0 spiro atoms. The van der Waals surface area contributed by atoms with E-state index in [4.69, 9.17) is 4.74 Å². The van der Waals surface area contributed by atoms with Crippen LogP contribution in [0.25, 0.3) is 0 Å². The van der Waals surface area contributed by atoms with Crippen molar-refractivity contribution in [1.82, 2.24) is 5.32 Å². The molecular formula is C15H33NO. The van der Waals surface area contributed by atoms with Gasteiger partial charge in [0, 0.05) is 13.2 Å². The predicted octanol–water partition coefficient (Wildman–Crippen LogP) is 4.00. The maximum Gasteiger partial charge on any atom is 0.0724 e. The zero-order chi connectivity index (χ0) is 13.1. The molecule has 0 radical (unpaired) electrons. The molecule has 0 aromatic carbocycles. The van der Waals surface area contributed by atoms with Crippen molar-refractivity contribution >= 4 is 0 Å². The van der Waals surface area contributed by atoms with Gasteiger partial charge in [-0.3, -0.25) is 0 Å². The summed E-state index contributed by atoms with van der Waals surface area (Å²) in [5, 5.41) is 3.68. The van der Waals surface area contributed by atoms with Gasteiger partial charge < -0.3 is 10.1 Å². The largest absolute Gasteiger partial charge is 0.380 e. The number of methoxy groups -OCH3 is 1. The van der Waals surface area contributed by atoms with Gasteiger partial charge in [-0.15, -0.1) is 0 Å². The lowest BCUT2D eigenvalue weighted by Gasteiger charge is -2.29. The summed E-state index contributed by atoms with van der Waals surface area (Å²) in [6.45, 7) is 10.2. The van der Waals surface area contributed by atoms with E-state index in [1.54, 1.807) is 0 Å². The van der Waals surface area contributed by atoms with Gasteiger partial charge in [-0.1, -0.05) is 47.0 Å². The maximum atomic E-state index is 5.68. The van der Waals surface area contributed by atoms with Gasteiger partial charge in [0.25, 0.3) is 0 Å². The van der Waals surface area contributed by atoms with Gasteiger partial charge >= 0.3 is 0 Å². The highest BCUT2D eigenvalue weighted by molar-refractivity contribution is 4.79. The van der Waals surface area contributed by atoms with Crippen LogP contribution in [0.15, 0.2) is 0 Å². The van der Waals surface area contributed by atoms with Crippen molar-refractivity contribution in [2.45, 2.75) is 78.4 Å². The Hall–Kier alpha value is -0.0800. The molecule has 0 aromatic heterocycles. The van der Waals surface area contributed by atoms with Crippen molar-refractivity contribution in [2.75, 3.05) is 13.7 Å². The lowest BCUT2D eigenvalue weighted by molar-refractivity contribution is 0.0520. The Morgan fingerprint density at radius 2 is 1.65 bits per heavy atom. The molecule has 0 aliphatic carbocycles. The standard InChI is InChI=1S/C15H33NO/c1-6-10-15(17-5)14(16-11-7-2)12-13(8-3)9-4/h13-16H,6-12H2,1-5H3. The predicted molar refractivity (Wildman–Crippen MR) is 76.5 cm³/mol. The first kappa shape index (κ1) is 16.9. The van der Waals surface area contributed by atoms with E-state index < -0.39 is 0 Å². The molecule has 104 valence electrons. The number of hydrogen-bond acceptors (Lipinski definition) is 2. The lowest BCUT2D eigenvalue weighted by atomic mass is 9.90. The van der Waals surface area contributed by atoms with Gasteiger partial charge in [0.15, 0.2) is 0 Å². The van der Waals surface area contributed by atoms with Crippen LogP contribution >= 0.6 is 0 Å². The second-order valence-corrected chi connectivity index (χ2v) is 5.04. The SMILES string of the molecule is CCCNC(CC(CC)CC)C(CCC)OC. The molecule has 0 fully saturated rings. The molecule has 2 nitrogen and oxygen atoms in total. The van der Waals surface area contributed by atoms with Crippen LogP contribution in [-0.4, -0.2) is 25.8 Å². The summed E-state index contributed by atoms with van der Waals surface area (Å²) in [6, 6.07) is 0.532. The molecule has 0 aliphatic rings. The minimum Gasteiger partial charge on any atom is -0.380 e. The molecule has 0 aromatic rings. The molecule has 0 rings (SSSR count). The molecule has 2 unspecified atom stereocenters. The summed E-state index contributed by atoms with van der Waals surface area (Å²) in [7, 11) is 1.86. The first-order valence-electron chi connectivity index (χ1n) is 7.49. The highest BCUT2D eigenvalue weighted by Gasteiger charge is 2.22. The summed E-state index contributed by atoms with van der Waals surface area (Å²) in [6.07, 6.45) is 7.76. The number of ether oxygens (including phenoxy) is 1. The van der Waals surface area contributed by atoms with Crippen molar-refractivity contribution in [2.24, 2.45) is 5.92 Å². The zero-order valence-corrected chi connectivity index (χ0v) is 12.6. The Bertz CT molecular complexity index is 157. The van der Waals surface area contributed by atoms with E-state index in [0.29, 0.717) is 12.1 Å². The van der Waals surface area contributed by atoms with Crippen LogP contribution in [0.1, 0.15) is 66.2 Å². The second-order valence-electron chi connectivity index (χ2n) is 5.04. The Labute approximate surface area is 109 Å². The Kier molecular flexibility index (Phi) is 11.0. The van der Waals surface area contributed by atoms with Gasteiger partial charge in [-0.2, -0.15) is 0 Å². The fourth-order valence-corrected chi connectivity index (χ4v) is 2.45. The van der Waals surface area contributed by atoms with Crippen molar-refractivity contribution in [3.8, 4) is 0 Å². The minimum absolute atomic E-state index is 0.382. The Morgan fingerprint density at radius 1 is 1.00 bits per heavy atom. The monoisotopic (exact) mass is 243 g/mol. The summed E-state index contributed by atoms with van der Waals surface area (Å²) >= 11 is 0. The fourth-order valence-electron chi connectivity index (χ4n) is 2.45. The molecule has 0 saturated carbocycles. The zero-order valence-electron chi connectivity index (χ0n) is 12.6. The molecule has 2 atom stereocenters. The first-order chi connectivity index (χ1) is 8.23. The maximum absolute atomic E-state index is 5.68. The molecule has 0 aliphatic heterocycles. The molecule has 2 heteroatoms. The van der Waals surface area contributed by atoms with Crippen LogP contribution in [0.4, 0.5) is 0 Å². The van der Waals surface area contributed by atoms with Crippen molar-refractivity contribution in [3.63, 3.8) is 0 Å². The smallest absolute Gasteiger partial charge is 0.0724 e. The molecule has 1 N–H and O–H groups in total. The van der Waals surface area contributed by atoms with Gasteiger partial charge in [0.1, 0.15) is 0 Å². The van der Waals surface area contributed by atoms with Crippen LogP contribution in [0.3, 0.4) is 0 Å². The summed E-state index contributed by atoms with van der Waals surface area (Å²) in [5.41, 5.74) is 0. The van der Waals surface area contributed by atoms with Crippen molar-refractivity contribution in [3.05, 3.63) is 0 Å². The van der Waals surface area contributed by atoms with Gasteiger partial charge in [-0.05, 0) is 31.7 Å². The van der Waals surface area contributed by atoms with E-state index in [1.165, 1.54) is 32.1 Å². The first-order valence-corrected chi connectivity index (χ1v) is 7.49. The lowest BCUT2D eigenvalue weighted by Crippen LogP contribution is -2.42. The summed E-state index contributed by atoms with van der Waals surface area (Å²) in [5.74, 6) is 0.832. The number of hydrogen-bond donors (Lipinski definition) is 1. The fraction of sp³-hybridized carbons (Fsp3) is 1.00. The van der Waals surface area contributed by atoms with Crippen LogP contribution in [0, 0.1) is 5.92 Å². The third-order valence-electron chi connectivity index (χ3n) is 3.72. The normalized spacial score (nSPS) is 15.2. The number of nitrogens with one attached hydrogen (secondary N) is 1. The van der Waals surface area contributed by atoms with E-state index in [0.717, 1.165) is 18.9 Å². The Balaban J connectivity index is 4.36. The topological polar surface area (TPSA) is 21.3 Å². The van der Waals surface area contributed by atoms with Gasteiger partial charge in [0.05, 0.1) is 6.10 Å². The van der Waals surface area contributed by atoms with E-state index in [1.807, 2.05) is 7.11 Å². The van der Waals surface area contributed by atoms with E-state index in [9.17, 15) is 0 Å². The molecular weight excluding hydrogens is 210 g/mol. The summed E-state index contributed by atoms with van der Waals surface area (Å²) < 4.78 is 5.68. The molecule has 0 amide bonds. The highest BCUT2D eigenvalue weighted by Crippen LogP contribution is 2.20. The van der Waals surface area contributed by atoms with Crippen LogP contribution in [0.2, 0.25) is 0 Å². The van der Waals surface area contributed by atoms with Gasteiger partial charge in [0.2, 0.25) is 0 Å². The van der Waals surface area contributed by atoms with Gasteiger partial charge in [-0.25, -0.2) is 0 Å². The van der Waals surface area contributed by atoms with E-state index >= 15 is 0 Å². The van der Waals surface area contributed by atoms with Crippen molar-refractivity contribution in [1.29, 1.82) is 0 Å². The summed E-state index contributed by atoms with van der Waals surface area (Å²) in [4.78, 5) is 0. The average molecular weight is 243 g/mol. The molecule has 0 bridgehead atoms. The minimum atomic E-state index is 0.382. The van der Waals surface area contributed by atoms with E-state index in [-0.39, 0.29) is 0 Å². The van der Waals surface area contributed by atoms with Crippen molar-refractivity contribution < 1.29 is 4.74 Å². The average Bonchev–Trinajstić information content (AvgIpc) is 2.37. The quantitative estimate of drug-likeness (QED) is 0.592. The van der Waals surface area contributed by atoms with E-state index in [2.05, 4.69) is 33.0 Å². The third-order valence-corrected chi connectivity index (χ3v) is 3.72. The number of rotatable bonds is 11. The molecule has 0 saturated heterocycles. The molecule has 0 heterocycles. The molecule has 17 heavy (non-hydrogen) atoms. The third kappa shape index (κ3) is 7.05. The van der Waals surface area contributed by atoms with Crippen LogP contribution in [-0.2, 0) is 4.74 Å². The van der Waals surface area contributed by atoms with Crippen LogP contribution in [0.5, 0.6) is 0 Å². The second kappa shape index (κ2) is 11.0. The van der Waals surface area contributed by atoms with Crippen LogP contribution < -0.4 is 5.32 Å². The Morgan fingerprint density at radius 3 is 2.06 bits per heavy atom.